The van der Waals surface area contributed by atoms with Gasteiger partial charge >= 0.3 is 0 Å². The molecule has 2 heterocycles. The van der Waals surface area contributed by atoms with Gasteiger partial charge in [-0.3, -0.25) is 4.79 Å². The van der Waals surface area contributed by atoms with Crippen LogP contribution in [-0.2, 0) is 10.2 Å². The van der Waals surface area contributed by atoms with E-state index in [1.165, 1.54) is 22.5 Å². The number of carbonyl (C=O) groups excluding carboxylic acids is 1. The third kappa shape index (κ3) is 3.48. The molecule has 3 rings (SSSR count). The standard InChI is InChI=1S/C19H23NO2S/c1-14-3-5-16(6-4-14)19(8-10-22-11-9-19)13-20-18(21)17-15(2)7-12-23-17/h3-7,12H,8-11,13H2,1-2H3,(H,20,21). The van der Waals surface area contributed by atoms with Gasteiger partial charge in [0.15, 0.2) is 0 Å². The molecule has 1 N–H and O–H groups in total. The Morgan fingerprint density at radius 2 is 1.87 bits per heavy atom. The Morgan fingerprint density at radius 3 is 2.48 bits per heavy atom. The summed E-state index contributed by atoms with van der Waals surface area (Å²) in [6.45, 7) is 6.25. The lowest BCUT2D eigenvalue weighted by Crippen LogP contribution is -2.44. The Morgan fingerprint density at radius 1 is 1.17 bits per heavy atom. The molecule has 0 radical (unpaired) electrons. The molecule has 1 saturated heterocycles. The Bertz CT molecular complexity index is 669. The molecule has 0 spiro atoms. The third-order valence-corrected chi connectivity index (χ3v) is 5.78. The number of carbonyl (C=O) groups is 1. The molecular formula is C19H23NO2S. The van der Waals surface area contributed by atoms with Crippen molar-refractivity contribution in [3.05, 3.63) is 57.3 Å². The van der Waals surface area contributed by atoms with Gasteiger partial charge in [0.05, 0.1) is 4.88 Å². The number of rotatable bonds is 4. The Hall–Kier alpha value is -1.65. The van der Waals surface area contributed by atoms with Gasteiger partial charge < -0.3 is 10.1 Å². The molecule has 0 unspecified atom stereocenters. The highest BCUT2D eigenvalue weighted by Crippen LogP contribution is 2.34. The minimum absolute atomic E-state index is 0.0211. The number of benzene rings is 1. The van der Waals surface area contributed by atoms with Crippen molar-refractivity contribution in [3.8, 4) is 0 Å². The zero-order valence-electron chi connectivity index (χ0n) is 13.7. The van der Waals surface area contributed by atoms with Crippen LogP contribution in [0.5, 0.6) is 0 Å². The van der Waals surface area contributed by atoms with Crippen LogP contribution >= 0.6 is 11.3 Å². The number of hydrogen-bond acceptors (Lipinski definition) is 3. The Balaban J connectivity index is 1.78. The van der Waals surface area contributed by atoms with Crippen molar-refractivity contribution in [2.75, 3.05) is 19.8 Å². The molecule has 1 aliphatic heterocycles. The van der Waals surface area contributed by atoms with Gasteiger partial charge in [-0.2, -0.15) is 0 Å². The molecular weight excluding hydrogens is 306 g/mol. The molecule has 0 bridgehead atoms. The topological polar surface area (TPSA) is 38.3 Å². The first-order valence-electron chi connectivity index (χ1n) is 8.08. The van der Waals surface area contributed by atoms with Crippen LogP contribution in [0.4, 0.5) is 0 Å². The minimum atomic E-state index is -0.0211. The summed E-state index contributed by atoms with van der Waals surface area (Å²) < 4.78 is 5.56. The summed E-state index contributed by atoms with van der Waals surface area (Å²) in [4.78, 5) is 13.3. The maximum absolute atomic E-state index is 12.5. The van der Waals surface area contributed by atoms with Gasteiger partial charge in [0.1, 0.15) is 0 Å². The van der Waals surface area contributed by atoms with Crippen molar-refractivity contribution in [2.24, 2.45) is 0 Å². The lowest BCUT2D eigenvalue weighted by Gasteiger charge is -2.38. The quantitative estimate of drug-likeness (QED) is 0.925. The van der Waals surface area contributed by atoms with Gasteiger partial charge in [-0.05, 0) is 49.3 Å². The lowest BCUT2D eigenvalue weighted by atomic mass is 9.74. The number of nitrogens with one attached hydrogen (secondary N) is 1. The maximum atomic E-state index is 12.5. The van der Waals surface area contributed by atoms with E-state index in [0.717, 1.165) is 36.5 Å². The highest BCUT2D eigenvalue weighted by atomic mass is 32.1. The van der Waals surface area contributed by atoms with E-state index in [1.54, 1.807) is 0 Å². The van der Waals surface area contributed by atoms with Crippen molar-refractivity contribution in [1.82, 2.24) is 5.32 Å². The van der Waals surface area contributed by atoms with Crippen LogP contribution in [0.3, 0.4) is 0 Å². The van der Waals surface area contributed by atoms with Gasteiger partial charge in [0.25, 0.3) is 5.91 Å². The van der Waals surface area contributed by atoms with Gasteiger partial charge in [-0.15, -0.1) is 11.3 Å². The van der Waals surface area contributed by atoms with Crippen LogP contribution in [-0.4, -0.2) is 25.7 Å². The van der Waals surface area contributed by atoms with Crippen molar-refractivity contribution < 1.29 is 9.53 Å². The predicted octanol–water partition coefficient (Wildman–Crippen LogP) is 3.84. The van der Waals surface area contributed by atoms with Crippen molar-refractivity contribution in [2.45, 2.75) is 32.1 Å². The van der Waals surface area contributed by atoms with E-state index < -0.39 is 0 Å². The number of hydrogen-bond donors (Lipinski definition) is 1. The first kappa shape index (κ1) is 16.2. The summed E-state index contributed by atoms with van der Waals surface area (Å²) >= 11 is 1.50. The SMILES string of the molecule is Cc1ccc(C2(CNC(=O)c3sccc3C)CCOCC2)cc1. The largest absolute Gasteiger partial charge is 0.381 e. The monoisotopic (exact) mass is 329 g/mol. The minimum Gasteiger partial charge on any atom is -0.381 e. The molecule has 23 heavy (non-hydrogen) atoms. The molecule has 1 fully saturated rings. The molecule has 1 aromatic carbocycles. The lowest BCUT2D eigenvalue weighted by molar-refractivity contribution is 0.0487. The maximum Gasteiger partial charge on any atom is 0.261 e. The van der Waals surface area contributed by atoms with Gasteiger partial charge in [-0.1, -0.05) is 29.8 Å². The molecule has 0 aliphatic carbocycles. The van der Waals surface area contributed by atoms with Crippen molar-refractivity contribution >= 4 is 17.2 Å². The molecule has 4 heteroatoms. The van der Waals surface area contributed by atoms with Crippen LogP contribution in [0.2, 0.25) is 0 Å². The average molecular weight is 329 g/mol. The first-order valence-corrected chi connectivity index (χ1v) is 8.96. The first-order chi connectivity index (χ1) is 11.1. The number of thiophene rings is 1. The zero-order valence-corrected chi connectivity index (χ0v) is 14.5. The molecule has 1 amide bonds. The number of amides is 1. The van der Waals surface area contributed by atoms with E-state index in [9.17, 15) is 4.79 Å². The molecule has 122 valence electrons. The molecule has 2 aromatic rings. The van der Waals surface area contributed by atoms with E-state index in [2.05, 4.69) is 36.5 Å². The zero-order chi connectivity index (χ0) is 16.3. The summed E-state index contributed by atoms with van der Waals surface area (Å²) in [6, 6.07) is 10.7. The van der Waals surface area contributed by atoms with E-state index in [0.29, 0.717) is 6.54 Å². The van der Waals surface area contributed by atoms with E-state index in [-0.39, 0.29) is 11.3 Å². The third-order valence-electron chi connectivity index (χ3n) is 4.77. The fraction of sp³-hybridized carbons (Fsp3) is 0.421. The molecule has 1 aliphatic rings. The van der Waals surface area contributed by atoms with Crippen LogP contribution in [0.1, 0.15) is 39.2 Å². The van der Waals surface area contributed by atoms with Gasteiger partial charge in [0, 0.05) is 25.2 Å². The van der Waals surface area contributed by atoms with Gasteiger partial charge in [-0.25, -0.2) is 0 Å². The molecule has 3 nitrogen and oxygen atoms in total. The van der Waals surface area contributed by atoms with Crippen LogP contribution in [0.15, 0.2) is 35.7 Å². The summed E-state index contributed by atoms with van der Waals surface area (Å²) in [5.41, 5.74) is 3.58. The van der Waals surface area contributed by atoms with Crippen molar-refractivity contribution in [1.29, 1.82) is 0 Å². The summed E-state index contributed by atoms with van der Waals surface area (Å²) in [6.07, 6.45) is 1.89. The van der Waals surface area contributed by atoms with Crippen LogP contribution < -0.4 is 5.32 Å². The fourth-order valence-corrected chi connectivity index (χ4v) is 4.01. The summed E-state index contributed by atoms with van der Waals surface area (Å²) in [7, 11) is 0. The normalized spacial score (nSPS) is 17.0. The molecule has 0 saturated carbocycles. The van der Waals surface area contributed by atoms with E-state index >= 15 is 0 Å². The number of aryl methyl sites for hydroxylation is 2. The van der Waals surface area contributed by atoms with E-state index in [4.69, 9.17) is 4.74 Å². The average Bonchev–Trinajstić information content (AvgIpc) is 3.00. The van der Waals surface area contributed by atoms with Crippen LogP contribution in [0.25, 0.3) is 0 Å². The Kier molecular flexibility index (Phi) is 4.83. The van der Waals surface area contributed by atoms with Gasteiger partial charge in [0.2, 0.25) is 0 Å². The number of ether oxygens (including phenoxy) is 1. The predicted molar refractivity (Wildman–Crippen MR) is 94.3 cm³/mol. The summed E-state index contributed by atoms with van der Waals surface area (Å²) in [5, 5.41) is 5.13. The second-order valence-corrected chi connectivity index (χ2v) is 7.29. The smallest absolute Gasteiger partial charge is 0.261 e. The highest BCUT2D eigenvalue weighted by Gasteiger charge is 2.35. The van der Waals surface area contributed by atoms with Crippen LogP contribution in [0, 0.1) is 13.8 Å². The highest BCUT2D eigenvalue weighted by molar-refractivity contribution is 7.12. The molecule has 0 atom stereocenters. The fourth-order valence-electron chi connectivity index (χ4n) is 3.17. The summed E-state index contributed by atoms with van der Waals surface area (Å²) in [5.74, 6) is 0.0375. The molecule has 1 aromatic heterocycles. The second-order valence-electron chi connectivity index (χ2n) is 6.37. The Labute approximate surface area is 141 Å². The second kappa shape index (κ2) is 6.85. The van der Waals surface area contributed by atoms with E-state index in [1.807, 2.05) is 18.4 Å². The van der Waals surface area contributed by atoms with Crippen molar-refractivity contribution in [3.63, 3.8) is 0 Å².